The van der Waals surface area contributed by atoms with E-state index in [0.29, 0.717) is 18.2 Å². The van der Waals surface area contributed by atoms with Crippen molar-refractivity contribution in [2.75, 3.05) is 6.61 Å². The Kier molecular flexibility index (Phi) is 4.45. The first-order valence-electron chi connectivity index (χ1n) is 6.28. The molecule has 0 bridgehead atoms. The third kappa shape index (κ3) is 3.08. The van der Waals surface area contributed by atoms with Crippen LogP contribution in [0.2, 0.25) is 5.02 Å². The van der Waals surface area contributed by atoms with Crippen LogP contribution in [0.15, 0.2) is 30.5 Å². The molecular formula is C14H18ClN3O. The van der Waals surface area contributed by atoms with E-state index in [1.807, 2.05) is 42.8 Å². The van der Waals surface area contributed by atoms with Crippen LogP contribution in [-0.4, -0.2) is 16.4 Å². The van der Waals surface area contributed by atoms with Crippen molar-refractivity contribution in [3.63, 3.8) is 0 Å². The van der Waals surface area contributed by atoms with Crippen molar-refractivity contribution in [1.82, 2.24) is 9.78 Å². The van der Waals surface area contributed by atoms with Crippen LogP contribution >= 0.6 is 11.6 Å². The maximum absolute atomic E-state index is 6.25. The lowest BCUT2D eigenvalue weighted by atomic mass is 10.1. The highest BCUT2D eigenvalue weighted by molar-refractivity contribution is 6.31. The molecule has 19 heavy (non-hydrogen) atoms. The first-order valence-corrected chi connectivity index (χ1v) is 6.66. The third-order valence-corrected chi connectivity index (χ3v) is 3.40. The molecule has 4 nitrogen and oxygen atoms in total. The van der Waals surface area contributed by atoms with E-state index in [9.17, 15) is 0 Å². The predicted molar refractivity (Wildman–Crippen MR) is 76.5 cm³/mol. The molecule has 2 aromatic rings. The normalized spacial score (nSPS) is 12.4. The number of hydrogen-bond acceptors (Lipinski definition) is 3. The van der Waals surface area contributed by atoms with E-state index in [1.54, 1.807) is 6.20 Å². The molecule has 102 valence electrons. The van der Waals surface area contributed by atoms with Crippen LogP contribution < -0.4 is 10.5 Å². The highest BCUT2D eigenvalue weighted by atomic mass is 35.5. The van der Waals surface area contributed by atoms with E-state index in [2.05, 4.69) is 5.10 Å². The Hall–Kier alpha value is -1.52. The molecule has 0 saturated carbocycles. The van der Waals surface area contributed by atoms with Crippen LogP contribution in [0.1, 0.15) is 24.2 Å². The Morgan fingerprint density at radius 1 is 1.42 bits per heavy atom. The van der Waals surface area contributed by atoms with Gasteiger partial charge in [-0.05, 0) is 19.9 Å². The fourth-order valence-corrected chi connectivity index (χ4v) is 2.11. The van der Waals surface area contributed by atoms with Crippen molar-refractivity contribution < 1.29 is 4.74 Å². The second-order valence-corrected chi connectivity index (χ2v) is 4.74. The molecule has 1 atom stereocenters. The van der Waals surface area contributed by atoms with Gasteiger partial charge in [0.05, 0.1) is 36.1 Å². The zero-order valence-corrected chi connectivity index (χ0v) is 11.9. The van der Waals surface area contributed by atoms with Gasteiger partial charge in [-0.2, -0.15) is 5.10 Å². The average Bonchev–Trinajstić information content (AvgIpc) is 2.72. The van der Waals surface area contributed by atoms with Crippen LogP contribution in [0.3, 0.4) is 0 Å². The predicted octanol–water partition coefficient (Wildman–Crippen LogP) is 2.94. The Labute approximate surface area is 118 Å². The van der Waals surface area contributed by atoms with Crippen LogP contribution in [0.4, 0.5) is 0 Å². The lowest BCUT2D eigenvalue weighted by Crippen LogP contribution is -2.20. The lowest BCUT2D eigenvalue weighted by molar-refractivity contribution is 0.332. The van der Waals surface area contributed by atoms with E-state index < -0.39 is 0 Å². The molecule has 0 aliphatic carbocycles. The van der Waals surface area contributed by atoms with Gasteiger partial charge in [-0.25, -0.2) is 0 Å². The third-order valence-electron chi connectivity index (χ3n) is 3.03. The number of halogens is 1. The van der Waals surface area contributed by atoms with Crippen LogP contribution in [-0.2, 0) is 6.54 Å². The first-order chi connectivity index (χ1) is 9.13. The molecule has 0 aliphatic rings. The van der Waals surface area contributed by atoms with E-state index in [1.165, 1.54) is 0 Å². The molecule has 0 saturated heterocycles. The zero-order valence-electron chi connectivity index (χ0n) is 11.1. The highest BCUT2D eigenvalue weighted by Crippen LogP contribution is 2.25. The summed E-state index contributed by atoms with van der Waals surface area (Å²) in [5.74, 6) is 0.827. The molecule has 0 radical (unpaired) electrons. The van der Waals surface area contributed by atoms with Gasteiger partial charge in [-0.3, -0.25) is 4.68 Å². The Morgan fingerprint density at radius 2 is 2.16 bits per heavy atom. The van der Waals surface area contributed by atoms with Crippen molar-refractivity contribution in [1.29, 1.82) is 0 Å². The Balaban J connectivity index is 2.20. The number of benzene rings is 1. The van der Waals surface area contributed by atoms with Gasteiger partial charge < -0.3 is 10.5 Å². The number of ether oxygens (including phenoxy) is 1. The highest BCUT2D eigenvalue weighted by Gasteiger charge is 2.14. The number of nitrogens with zero attached hydrogens (tertiary/aromatic N) is 2. The minimum absolute atomic E-state index is 0.183. The van der Waals surface area contributed by atoms with Gasteiger partial charge in [0, 0.05) is 5.56 Å². The Morgan fingerprint density at radius 3 is 2.79 bits per heavy atom. The monoisotopic (exact) mass is 279 g/mol. The van der Waals surface area contributed by atoms with Gasteiger partial charge >= 0.3 is 0 Å². The second-order valence-electron chi connectivity index (χ2n) is 4.34. The van der Waals surface area contributed by atoms with Gasteiger partial charge in [0.2, 0.25) is 0 Å². The van der Waals surface area contributed by atoms with Crippen LogP contribution in [0.25, 0.3) is 0 Å². The van der Waals surface area contributed by atoms with Crippen molar-refractivity contribution in [3.05, 3.63) is 46.7 Å². The zero-order chi connectivity index (χ0) is 13.8. The van der Waals surface area contributed by atoms with Gasteiger partial charge in [0.1, 0.15) is 5.75 Å². The SMILES string of the molecule is CCOc1ccccc1C(N)Cn1ncc(Cl)c1C. The summed E-state index contributed by atoms with van der Waals surface area (Å²) in [6.07, 6.45) is 1.64. The topological polar surface area (TPSA) is 53.1 Å². The molecular weight excluding hydrogens is 262 g/mol. The summed E-state index contributed by atoms with van der Waals surface area (Å²) < 4.78 is 7.41. The molecule has 1 unspecified atom stereocenters. The summed E-state index contributed by atoms with van der Waals surface area (Å²) >= 11 is 5.99. The van der Waals surface area contributed by atoms with E-state index >= 15 is 0 Å². The quantitative estimate of drug-likeness (QED) is 0.915. The molecule has 1 heterocycles. The summed E-state index contributed by atoms with van der Waals surface area (Å²) in [4.78, 5) is 0. The van der Waals surface area contributed by atoms with Crippen molar-refractivity contribution in [3.8, 4) is 5.75 Å². The fourth-order valence-electron chi connectivity index (χ4n) is 1.97. The Bertz CT molecular complexity index is 553. The number of hydrogen-bond donors (Lipinski definition) is 1. The minimum Gasteiger partial charge on any atom is -0.494 e. The molecule has 5 heteroatoms. The molecule has 2 rings (SSSR count). The molecule has 1 aromatic carbocycles. The lowest BCUT2D eigenvalue weighted by Gasteiger charge is -2.17. The summed E-state index contributed by atoms with van der Waals surface area (Å²) in [6.45, 7) is 5.08. The maximum atomic E-state index is 6.25. The summed E-state index contributed by atoms with van der Waals surface area (Å²) in [5.41, 5.74) is 8.16. The summed E-state index contributed by atoms with van der Waals surface area (Å²) in [5, 5.41) is 4.88. The first kappa shape index (κ1) is 13.9. The molecule has 0 spiro atoms. The molecule has 0 aliphatic heterocycles. The smallest absolute Gasteiger partial charge is 0.124 e. The van der Waals surface area contributed by atoms with E-state index in [-0.39, 0.29) is 6.04 Å². The van der Waals surface area contributed by atoms with Gasteiger partial charge in [-0.15, -0.1) is 0 Å². The van der Waals surface area contributed by atoms with Gasteiger partial charge in [-0.1, -0.05) is 29.8 Å². The van der Waals surface area contributed by atoms with Crippen molar-refractivity contribution in [2.24, 2.45) is 5.73 Å². The van der Waals surface area contributed by atoms with E-state index in [0.717, 1.165) is 17.0 Å². The minimum atomic E-state index is -0.183. The fraction of sp³-hybridized carbons (Fsp3) is 0.357. The largest absolute Gasteiger partial charge is 0.494 e. The molecule has 0 amide bonds. The van der Waals surface area contributed by atoms with Crippen molar-refractivity contribution in [2.45, 2.75) is 26.4 Å². The van der Waals surface area contributed by atoms with E-state index in [4.69, 9.17) is 22.1 Å². The maximum Gasteiger partial charge on any atom is 0.124 e. The summed E-state index contributed by atoms with van der Waals surface area (Å²) in [6, 6.07) is 7.63. The number of para-hydroxylation sites is 1. The van der Waals surface area contributed by atoms with Gasteiger partial charge in [0.15, 0.2) is 0 Å². The van der Waals surface area contributed by atoms with Crippen molar-refractivity contribution >= 4 is 11.6 Å². The van der Waals surface area contributed by atoms with Crippen LogP contribution in [0, 0.1) is 6.92 Å². The number of nitrogens with two attached hydrogens (primary N) is 1. The second kappa shape index (κ2) is 6.08. The standard InChI is InChI=1S/C14H18ClN3O/c1-3-19-14-7-5-4-6-11(14)13(16)9-18-10(2)12(15)8-17-18/h4-8,13H,3,9,16H2,1-2H3. The average molecular weight is 280 g/mol. The number of aromatic nitrogens is 2. The molecule has 1 aromatic heterocycles. The van der Waals surface area contributed by atoms with Gasteiger partial charge in [0.25, 0.3) is 0 Å². The summed E-state index contributed by atoms with van der Waals surface area (Å²) in [7, 11) is 0. The molecule has 2 N–H and O–H groups in total. The molecule has 0 fully saturated rings. The van der Waals surface area contributed by atoms with Crippen LogP contribution in [0.5, 0.6) is 5.75 Å². The number of rotatable bonds is 5.